The number of quaternary nitrogens is 1. The maximum Gasteiger partial charge on any atom is 0.306 e. The summed E-state index contributed by atoms with van der Waals surface area (Å²) in [6.07, 6.45) is 73.3. The van der Waals surface area contributed by atoms with Gasteiger partial charge in [0.25, 0.3) is 7.82 Å². The number of rotatable bonds is 60. The summed E-state index contributed by atoms with van der Waals surface area (Å²) in [5.74, 6) is -0.537. The third-order valence-corrected chi connectivity index (χ3v) is 15.7. The van der Waals surface area contributed by atoms with Gasteiger partial charge in [-0.05, 0) is 76.7 Å². The van der Waals surface area contributed by atoms with Gasteiger partial charge < -0.3 is 28.5 Å². The van der Waals surface area contributed by atoms with Crippen molar-refractivity contribution in [3.8, 4) is 0 Å². The number of allylic oxidation sites excluding steroid dienone is 9. The van der Waals surface area contributed by atoms with Crippen LogP contribution in [0.15, 0.2) is 60.8 Å². The maximum atomic E-state index is 13.5. The number of likely N-dealkylation sites (N-methyl/N-ethyl adjacent to an activating group) is 1. The van der Waals surface area contributed by atoms with E-state index in [2.05, 4.69) is 74.7 Å². The van der Waals surface area contributed by atoms with Crippen LogP contribution in [-0.4, -0.2) is 69.4 Å². The summed E-state index contributed by atoms with van der Waals surface area (Å²) in [6, 6.07) is -0.889. The first-order valence-electron chi connectivity index (χ1n) is 33.1. The van der Waals surface area contributed by atoms with Crippen molar-refractivity contribution in [3.63, 3.8) is 0 Å². The Kier molecular flexibility index (Phi) is 56.2. The minimum atomic E-state index is -4.70. The zero-order chi connectivity index (χ0) is 57.2. The number of hydrogen-bond donors (Lipinski definition) is 1. The van der Waals surface area contributed by atoms with Crippen molar-refractivity contribution in [1.82, 2.24) is 5.32 Å². The predicted octanol–water partition coefficient (Wildman–Crippen LogP) is 20.0. The predicted molar refractivity (Wildman–Crippen MR) is 335 cm³/mol. The van der Waals surface area contributed by atoms with Gasteiger partial charge >= 0.3 is 5.97 Å². The molecule has 1 amide bonds. The van der Waals surface area contributed by atoms with Gasteiger partial charge in [-0.2, -0.15) is 0 Å². The molecule has 3 atom stereocenters. The largest absolute Gasteiger partial charge is 0.756 e. The highest BCUT2D eigenvalue weighted by molar-refractivity contribution is 7.45. The highest BCUT2D eigenvalue weighted by Gasteiger charge is 2.27. The molecule has 456 valence electrons. The van der Waals surface area contributed by atoms with Crippen molar-refractivity contribution in [2.24, 2.45) is 0 Å². The van der Waals surface area contributed by atoms with E-state index >= 15 is 0 Å². The normalized spacial score (nSPS) is 14.0. The number of nitrogens with zero attached hydrogens (tertiary/aromatic N) is 1. The third kappa shape index (κ3) is 58.4. The lowest BCUT2D eigenvalue weighted by Crippen LogP contribution is -2.47. The van der Waals surface area contributed by atoms with Crippen molar-refractivity contribution < 1.29 is 37.3 Å². The maximum absolute atomic E-state index is 13.5. The minimum Gasteiger partial charge on any atom is -0.756 e. The number of esters is 1. The summed E-state index contributed by atoms with van der Waals surface area (Å²) in [6.45, 7) is 6.84. The zero-order valence-electron chi connectivity index (χ0n) is 52.1. The molecule has 1 N–H and O–H groups in total. The molecule has 3 unspecified atom stereocenters. The number of ether oxygens (including phenoxy) is 1. The number of carbonyl (C=O) groups excluding carboxylic acids is 2. The fourth-order valence-corrected chi connectivity index (χ4v) is 10.3. The Balaban J connectivity index is 5.15. The Morgan fingerprint density at radius 2 is 0.782 bits per heavy atom. The first-order chi connectivity index (χ1) is 37.9. The third-order valence-electron chi connectivity index (χ3n) is 14.7. The fraction of sp³-hybridized carbons (Fsp3) is 0.824. The van der Waals surface area contributed by atoms with Gasteiger partial charge in [0, 0.05) is 12.8 Å². The molecule has 0 aromatic rings. The van der Waals surface area contributed by atoms with Crippen LogP contribution in [0.2, 0.25) is 0 Å². The molecule has 0 saturated carbocycles. The molecule has 0 aromatic heterocycles. The van der Waals surface area contributed by atoms with E-state index < -0.39 is 20.0 Å². The Hall–Kier alpha value is -2.29. The number of amides is 1. The molecule has 78 heavy (non-hydrogen) atoms. The van der Waals surface area contributed by atoms with E-state index in [1.807, 2.05) is 33.3 Å². The SMILES string of the molecule is CCCCC/C=C\C/C=C\C/C=C\C/C=C\CCCCCCCCCCCC(=O)OC(/C=C\CCCCCCCCCCCCC)C(COP(=O)([O-])OCC[N+](C)(C)C)NC(=O)CCCCCCCCCCCCCCCC. The van der Waals surface area contributed by atoms with Gasteiger partial charge in [0.15, 0.2) is 0 Å². The van der Waals surface area contributed by atoms with Gasteiger partial charge in [0.05, 0.1) is 33.8 Å². The van der Waals surface area contributed by atoms with Gasteiger partial charge in [-0.1, -0.05) is 281 Å². The van der Waals surface area contributed by atoms with Crippen LogP contribution < -0.4 is 10.2 Å². The smallest absolute Gasteiger partial charge is 0.306 e. The molecule has 0 aliphatic heterocycles. The number of unbranched alkanes of at least 4 members (excludes halogenated alkanes) is 36. The molecule has 0 aromatic carbocycles. The zero-order valence-corrected chi connectivity index (χ0v) is 53.0. The van der Waals surface area contributed by atoms with E-state index in [0.717, 1.165) is 89.9 Å². The van der Waals surface area contributed by atoms with Crippen molar-refractivity contribution in [3.05, 3.63) is 60.8 Å². The molecule has 0 saturated heterocycles. The number of phosphoric ester groups is 1. The monoisotopic (exact) mass is 1110 g/mol. The van der Waals surface area contributed by atoms with Crippen molar-refractivity contribution >= 4 is 19.7 Å². The summed E-state index contributed by atoms with van der Waals surface area (Å²) in [7, 11) is 1.19. The molecule has 0 radical (unpaired) electrons. The molecule has 0 aliphatic carbocycles. The van der Waals surface area contributed by atoms with E-state index in [0.29, 0.717) is 17.4 Å². The molecular formula is C68H127N2O7P. The Morgan fingerprint density at radius 3 is 1.19 bits per heavy atom. The standard InChI is InChI=1S/C68H127N2O7P/c1-7-10-13-16-19-22-25-28-30-31-32-33-34-35-36-37-38-39-40-43-46-49-52-55-58-61-68(72)77-66(59-56-53-50-47-44-41-27-24-21-18-15-12-9-3)65(64-76-78(73,74)75-63-62-70(4,5)6)69-67(71)60-57-54-51-48-45-42-29-26-23-20-17-14-11-8-2/h19,22,28,30,32-33,35-36,56,59,65-66H,7-18,20-21,23-27,29,31,34,37-55,57-58,60-64H2,1-6H3,(H-,69,71,73,74)/b22-19-,30-28-,33-32-,36-35-,59-56-. The summed E-state index contributed by atoms with van der Waals surface area (Å²) in [5.41, 5.74) is 0. The van der Waals surface area contributed by atoms with E-state index in [4.69, 9.17) is 13.8 Å². The molecule has 0 heterocycles. The summed E-state index contributed by atoms with van der Waals surface area (Å²) in [5, 5.41) is 3.03. The second kappa shape index (κ2) is 57.9. The van der Waals surface area contributed by atoms with Crippen LogP contribution in [-0.2, 0) is 27.9 Å². The van der Waals surface area contributed by atoms with E-state index in [1.165, 1.54) is 186 Å². The lowest BCUT2D eigenvalue weighted by atomic mass is 10.0. The highest BCUT2D eigenvalue weighted by atomic mass is 31.2. The Morgan fingerprint density at radius 1 is 0.449 bits per heavy atom. The lowest BCUT2D eigenvalue weighted by Gasteiger charge is -2.30. The van der Waals surface area contributed by atoms with Gasteiger partial charge in [0.2, 0.25) is 5.91 Å². The number of nitrogens with one attached hydrogen (secondary N) is 1. The average molecular weight is 1120 g/mol. The first-order valence-corrected chi connectivity index (χ1v) is 34.6. The van der Waals surface area contributed by atoms with Crippen LogP contribution in [0.4, 0.5) is 0 Å². The molecule has 0 spiro atoms. The fourth-order valence-electron chi connectivity index (χ4n) is 9.57. The average Bonchev–Trinajstić information content (AvgIpc) is 3.40. The van der Waals surface area contributed by atoms with Gasteiger partial charge in [-0.3, -0.25) is 14.2 Å². The lowest BCUT2D eigenvalue weighted by molar-refractivity contribution is -0.870. The van der Waals surface area contributed by atoms with Gasteiger partial charge in [-0.15, -0.1) is 0 Å². The van der Waals surface area contributed by atoms with Crippen LogP contribution in [0.5, 0.6) is 0 Å². The first kappa shape index (κ1) is 75.7. The molecule has 10 heteroatoms. The second-order valence-electron chi connectivity index (χ2n) is 23.6. The molecule has 0 bridgehead atoms. The van der Waals surface area contributed by atoms with Gasteiger partial charge in [0.1, 0.15) is 19.3 Å². The summed E-state index contributed by atoms with van der Waals surface area (Å²) >= 11 is 0. The topological polar surface area (TPSA) is 114 Å². The van der Waals surface area contributed by atoms with Crippen LogP contribution in [0.1, 0.15) is 310 Å². The Bertz CT molecular complexity index is 1520. The van der Waals surface area contributed by atoms with Crippen LogP contribution in [0, 0.1) is 0 Å². The van der Waals surface area contributed by atoms with Crippen molar-refractivity contribution in [1.29, 1.82) is 0 Å². The molecule has 0 aliphatic rings. The van der Waals surface area contributed by atoms with Crippen LogP contribution in [0.3, 0.4) is 0 Å². The van der Waals surface area contributed by atoms with E-state index in [-0.39, 0.29) is 31.5 Å². The Labute approximate surface area is 483 Å². The summed E-state index contributed by atoms with van der Waals surface area (Å²) < 4.78 is 30.4. The molecule has 9 nitrogen and oxygen atoms in total. The van der Waals surface area contributed by atoms with E-state index in [1.54, 1.807) is 0 Å². The van der Waals surface area contributed by atoms with Gasteiger partial charge in [-0.25, -0.2) is 0 Å². The van der Waals surface area contributed by atoms with Crippen molar-refractivity contribution in [2.75, 3.05) is 40.9 Å². The molecule has 0 fully saturated rings. The van der Waals surface area contributed by atoms with E-state index in [9.17, 15) is 19.0 Å². The number of phosphoric acid groups is 1. The molecular weight excluding hydrogens is 988 g/mol. The highest BCUT2D eigenvalue weighted by Crippen LogP contribution is 2.38. The molecule has 0 rings (SSSR count). The van der Waals surface area contributed by atoms with Crippen LogP contribution >= 0.6 is 7.82 Å². The second-order valence-corrected chi connectivity index (χ2v) is 25.0. The minimum absolute atomic E-state index is 0.0228. The summed E-state index contributed by atoms with van der Waals surface area (Å²) in [4.78, 5) is 40.0. The quantitative estimate of drug-likeness (QED) is 0.0212. The van der Waals surface area contributed by atoms with Crippen LogP contribution in [0.25, 0.3) is 0 Å². The van der Waals surface area contributed by atoms with Crippen molar-refractivity contribution in [2.45, 2.75) is 322 Å². The number of hydrogen-bond acceptors (Lipinski definition) is 7. The number of carbonyl (C=O) groups is 2.